The van der Waals surface area contributed by atoms with Gasteiger partial charge in [-0.3, -0.25) is 14.7 Å². The maximum absolute atomic E-state index is 13.7. The fourth-order valence-corrected chi connectivity index (χ4v) is 2.61. The third-order valence-corrected chi connectivity index (χ3v) is 3.88. The molecule has 1 N–H and O–H groups in total. The standard InChI is InChI=1S/C16H17FN4O2/c1-11-10-14(19-18-11)16(23)21-8-6-20(7-9-21)15(22)12-4-2-3-5-13(12)17/h2-5,10H,6-9H2,1H3,(H,18,19). The number of hydrogen-bond acceptors (Lipinski definition) is 3. The maximum atomic E-state index is 13.7. The van der Waals surface area contributed by atoms with Gasteiger partial charge in [-0.15, -0.1) is 0 Å². The SMILES string of the molecule is Cc1cc(C(=O)N2CCN(C(=O)c3ccccc3F)CC2)n[nH]1. The summed E-state index contributed by atoms with van der Waals surface area (Å²) in [5.74, 6) is -1.03. The number of rotatable bonds is 2. The van der Waals surface area contributed by atoms with E-state index in [4.69, 9.17) is 0 Å². The molecule has 0 atom stereocenters. The molecule has 120 valence electrons. The van der Waals surface area contributed by atoms with Gasteiger partial charge in [0, 0.05) is 31.9 Å². The van der Waals surface area contributed by atoms with Crippen molar-refractivity contribution in [3.63, 3.8) is 0 Å². The molecule has 0 aliphatic carbocycles. The minimum absolute atomic E-state index is 0.0650. The lowest BCUT2D eigenvalue weighted by Crippen LogP contribution is -2.50. The topological polar surface area (TPSA) is 69.3 Å². The molecule has 0 bridgehead atoms. The van der Waals surface area contributed by atoms with Crippen molar-refractivity contribution in [1.82, 2.24) is 20.0 Å². The molecule has 0 radical (unpaired) electrons. The van der Waals surface area contributed by atoms with Crippen molar-refractivity contribution in [2.45, 2.75) is 6.92 Å². The highest BCUT2D eigenvalue weighted by Crippen LogP contribution is 2.13. The summed E-state index contributed by atoms with van der Waals surface area (Å²) in [4.78, 5) is 27.9. The minimum Gasteiger partial charge on any atom is -0.335 e. The van der Waals surface area contributed by atoms with Crippen LogP contribution >= 0.6 is 0 Å². The third kappa shape index (κ3) is 3.08. The zero-order valence-electron chi connectivity index (χ0n) is 12.8. The summed E-state index contributed by atoms with van der Waals surface area (Å²) in [5, 5.41) is 6.70. The summed E-state index contributed by atoms with van der Waals surface area (Å²) in [5.41, 5.74) is 1.26. The van der Waals surface area contributed by atoms with Crippen molar-refractivity contribution in [3.8, 4) is 0 Å². The number of aromatic nitrogens is 2. The third-order valence-electron chi connectivity index (χ3n) is 3.88. The molecule has 23 heavy (non-hydrogen) atoms. The van der Waals surface area contributed by atoms with Gasteiger partial charge in [0.2, 0.25) is 0 Å². The van der Waals surface area contributed by atoms with Crippen molar-refractivity contribution < 1.29 is 14.0 Å². The molecular formula is C16H17FN4O2. The van der Waals surface area contributed by atoms with Gasteiger partial charge in [0.25, 0.3) is 11.8 Å². The number of carbonyl (C=O) groups excluding carboxylic acids is 2. The number of nitrogens with one attached hydrogen (secondary N) is 1. The van der Waals surface area contributed by atoms with Crippen LogP contribution in [0, 0.1) is 12.7 Å². The van der Waals surface area contributed by atoms with E-state index in [-0.39, 0.29) is 17.4 Å². The molecule has 1 saturated heterocycles. The summed E-state index contributed by atoms with van der Waals surface area (Å²) >= 11 is 0. The fraction of sp³-hybridized carbons (Fsp3) is 0.312. The van der Waals surface area contributed by atoms with Gasteiger partial charge in [0.1, 0.15) is 11.5 Å². The van der Waals surface area contributed by atoms with Crippen molar-refractivity contribution in [3.05, 3.63) is 53.1 Å². The Labute approximate surface area is 132 Å². The number of hydrogen-bond donors (Lipinski definition) is 1. The van der Waals surface area contributed by atoms with Gasteiger partial charge in [0.05, 0.1) is 5.56 Å². The first kappa shape index (κ1) is 15.2. The molecule has 1 aliphatic heterocycles. The van der Waals surface area contributed by atoms with Crippen LogP contribution in [0.5, 0.6) is 0 Å². The highest BCUT2D eigenvalue weighted by atomic mass is 19.1. The number of piperazine rings is 1. The largest absolute Gasteiger partial charge is 0.335 e. The molecule has 1 aromatic heterocycles. The number of benzene rings is 1. The van der Waals surface area contributed by atoms with E-state index in [1.54, 1.807) is 28.0 Å². The predicted molar refractivity (Wildman–Crippen MR) is 81.5 cm³/mol. The second-order valence-corrected chi connectivity index (χ2v) is 5.50. The average molecular weight is 316 g/mol. The molecule has 7 heteroatoms. The Bertz CT molecular complexity index is 735. The van der Waals surface area contributed by atoms with E-state index in [2.05, 4.69) is 10.2 Å². The van der Waals surface area contributed by atoms with Crippen LogP contribution in [-0.4, -0.2) is 58.0 Å². The summed E-state index contributed by atoms with van der Waals surface area (Å²) in [6, 6.07) is 7.62. The quantitative estimate of drug-likeness (QED) is 0.912. The Morgan fingerprint density at radius 1 is 1.09 bits per heavy atom. The molecule has 0 saturated carbocycles. The van der Waals surface area contributed by atoms with Crippen LogP contribution in [0.3, 0.4) is 0 Å². The van der Waals surface area contributed by atoms with Crippen LogP contribution in [0.2, 0.25) is 0 Å². The van der Waals surface area contributed by atoms with E-state index in [1.807, 2.05) is 6.92 Å². The molecule has 6 nitrogen and oxygen atoms in total. The molecule has 1 fully saturated rings. The zero-order chi connectivity index (χ0) is 16.4. The summed E-state index contributed by atoms with van der Waals surface area (Å²) in [6.45, 7) is 3.40. The van der Waals surface area contributed by atoms with Gasteiger partial charge in [-0.1, -0.05) is 12.1 Å². The number of halogens is 1. The molecule has 2 aromatic rings. The minimum atomic E-state index is -0.525. The number of amides is 2. The number of nitrogens with zero attached hydrogens (tertiary/aromatic N) is 3. The van der Waals surface area contributed by atoms with Crippen LogP contribution in [0.4, 0.5) is 4.39 Å². The van der Waals surface area contributed by atoms with E-state index >= 15 is 0 Å². The normalized spacial score (nSPS) is 14.9. The first-order valence-corrected chi connectivity index (χ1v) is 7.41. The Balaban J connectivity index is 1.63. The van der Waals surface area contributed by atoms with E-state index in [1.165, 1.54) is 12.1 Å². The van der Waals surface area contributed by atoms with Crippen molar-refractivity contribution in [2.75, 3.05) is 26.2 Å². The lowest BCUT2D eigenvalue weighted by molar-refractivity contribution is 0.0529. The van der Waals surface area contributed by atoms with E-state index in [0.717, 1.165) is 5.69 Å². The van der Waals surface area contributed by atoms with Crippen molar-refractivity contribution >= 4 is 11.8 Å². The van der Waals surface area contributed by atoms with Gasteiger partial charge < -0.3 is 9.80 Å². The lowest BCUT2D eigenvalue weighted by Gasteiger charge is -2.34. The highest BCUT2D eigenvalue weighted by molar-refractivity contribution is 5.95. The average Bonchev–Trinajstić information content (AvgIpc) is 3.01. The first-order valence-electron chi connectivity index (χ1n) is 7.41. The number of H-pyrrole nitrogens is 1. The molecule has 0 spiro atoms. The molecule has 1 aromatic carbocycles. The number of aromatic amines is 1. The van der Waals surface area contributed by atoms with Crippen LogP contribution in [-0.2, 0) is 0 Å². The van der Waals surface area contributed by atoms with Gasteiger partial charge in [-0.05, 0) is 25.1 Å². The summed E-state index contributed by atoms with van der Waals surface area (Å²) < 4.78 is 13.7. The molecule has 2 heterocycles. The summed E-state index contributed by atoms with van der Waals surface area (Å²) in [6.07, 6.45) is 0. The molecule has 0 unspecified atom stereocenters. The monoisotopic (exact) mass is 316 g/mol. The second kappa shape index (κ2) is 6.20. The molecular weight excluding hydrogens is 299 g/mol. The molecule has 2 amide bonds. The van der Waals surface area contributed by atoms with Crippen LogP contribution in [0.15, 0.2) is 30.3 Å². The predicted octanol–water partition coefficient (Wildman–Crippen LogP) is 1.46. The number of aryl methyl sites for hydroxylation is 1. The maximum Gasteiger partial charge on any atom is 0.274 e. The van der Waals surface area contributed by atoms with Gasteiger partial charge >= 0.3 is 0 Å². The van der Waals surface area contributed by atoms with Crippen LogP contribution < -0.4 is 0 Å². The molecule has 1 aliphatic rings. The van der Waals surface area contributed by atoms with E-state index in [9.17, 15) is 14.0 Å². The number of carbonyl (C=O) groups is 2. The Morgan fingerprint density at radius 2 is 1.70 bits per heavy atom. The first-order chi connectivity index (χ1) is 11.1. The van der Waals surface area contributed by atoms with Gasteiger partial charge in [0.15, 0.2) is 0 Å². The lowest BCUT2D eigenvalue weighted by atomic mass is 10.1. The summed E-state index contributed by atoms with van der Waals surface area (Å²) in [7, 11) is 0. The van der Waals surface area contributed by atoms with Crippen molar-refractivity contribution in [2.24, 2.45) is 0 Å². The van der Waals surface area contributed by atoms with Crippen LogP contribution in [0.1, 0.15) is 26.5 Å². The Morgan fingerprint density at radius 3 is 2.26 bits per heavy atom. The van der Waals surface area contributed by atoms with E-state index in [0.29, 0.717) is 31.9 Å². The van der Waals surface area contributed by atoms with E-state index < -0.39 is 5.82 Å². The molecule has 3 rings (SSSR count). The van der Waals surface area contributed by atoms with Gasteiger partial charge in [-0.2, -0.15) is 5.10 Å². The second-order valence-electron chi connectivity index (χ2n) is 5.50. The Hall–Kier alpha value is -2.70. The smallest absolute Gasteiger partial charge is 0.274 e. The van der Waals surface area contributed by atoms with Crippen molar-refractivity contribution in [1.29, 1.82) is 0 Å². The van der Waals surface area contributed by atoms with Crippen LogP contribution in [0.25, 0.3) is 0 Å². The van der Waals surface area contributed by atoms with Gasteiger partial charge in [-0.25, -0.2) is 4.39 Å². The Kier molecular flexibility index (Phi) is 4.10. The fourth-order valence-electron chi connectivity index (χ4n) is 2.61. The highest BCUT2D eigenvalue weighted by Gasteiger charge is 2.27. The zero-order valence-corrected chi connectivity index (χ0v) is 12.8.